The summed E-state index contributed by atoms with van der Waals surface area (Å²) in [6, 6.07) is 0. The molecule has 98 valence electrons. The highest BCUT2D eigenvalue weighted by Gasteiger charge is 2.24. The van der Waals surface area contributed by atoms with Crippen molar-refractivity contribution >= 4 is 34.9 Å². The van der Waals surface area contributed by atoms with Crippen LogP contribution in [0.3, 0.4) is 0 Å². The third-order valence-electron chi connectivity index (χ3n) is 3.22. The molecule has 0 aliphatic carbocycles. The minimum atomic E-state index is -0.719. The topological polar surface area (TPSA) is 53.4 Å². The Morgan fingerprint density at radius 1 is 1.28 bits per heavy atom. The molecule has 2 heterocycles. The van der Waals surface area contributed by atoms with Gasteiger partial charge in [-0.25, -0.2) is 0 Å². The Kier molecular flexibility index (Phi) is 4.30. The third-order valence-corrected chi connectivity index (χ3v) is 3.77. The normalized spacial score (nSPS) is 20.6. The van der Waals surface area contributed by atoms with Crippen molar-refractivity contribution in [1.29, 1.82) is 0 Å². The molecule has 0 radical (unpaired) electrons. The molecule has 0 saturated carbocycles. The van der Waals surface area contributed by atoms with E-state index in [0.717, 1.165) is 18.7 Å². The van der Waals surface area contributed by atoms with E-state index in [2.05, 4.69) is 9.88 Å². The van der Waals surface area contributed by atoms with E-state index in [4.69, 9.17) is 28.3 Å². The SMILES string of the molecule is O=C(O)C1CCCN(c2c(Cl)cncc2Cl)CC1. The summed E-state index contributed by atoms with van der Waals surface area (Å²) in [6.45, 7) is 1.42. The van der Waals surface area contributed by atoms with E-state index < -0.39 is 5.97 Å². The maximum atomic E-state index is 11.0. The molecular weight excluding hydrogens is 275 g/mol. The molecule has 0 bridgehead atoms. The summed E-state index contributed by atoms with van der Waals surface area (Å²) < 4.78 is 0. The van der Waals surface area contributed by atoms with Crippen LogP contribution in [0.25, 0.3) is 0 Å². The van der Waals surface area contributed by atoms with Crippen molar-refractivity contribution in [3.05, 3.63) is 22.4 Å². The summed E-state index contributed by atoms with van der Waals surface area (Å²) in [7, 11) is 0. The molecule has 0 spiro atoms. The van der Waals surface area contributed by atoms with E-state index in [-0.39, 0.29) is 5.92 Å². The van der Waals surface area contributed by atoms with Crippen LogP contribution in [0.2, 0.25) is 10.0 Å². The number of hydrogen-bond acceptors (Lipinski definition) is 3. The Labute approximate surface area is 116 Å². The molecule has 1 aromatic heterocycles. The number of rotatable bonds is 2. The molecular formula is C12H14Cl2N2O2. The van der Waals surface area contributed by atoms with Crippen LogP contribution in [0.5, 0.6) is 0 Å². The quantitative estimate of drug-likeness (QED) is 0.909. The Morgan fingerprint density at radius 2 is 1.94 bits per heavy atom. The van der Waals surface area contributed by atoms with Gasteiger partial charge < -0.3 is 10.0 Å². The van der Waals surface area contributed by atoms with Crippen LogP contribution < -0.4 is 4.90 Å². The van der Waals surface area contributed by atoms with Crippen LogP contribution in [0, 0.1) is 5.92 Å². The van der Waals surface area contributed by atoms with E-state index in [1.54, 1.807) is 12.4 Å². The molecule has 0 aromatic carbocycles. The number of anilines is 1. The molecule has 6 heteroatoms. The van der Waals surface area contributed by atoms with Crippen LogP contribution in [-0.4, -0.2) is 29.1 Å². The van der Waals surface area contributed by atoms with E-state index in [9.17, 15) is 4.79 Å². The molecule has 1 aliphatic rings. The third kappa shape index (κ3) is 2.87. The molecule has 1 N–H and O–H groups in total. The van der Waals surface area contributed by atoms with Crippen molar-refractivity contribution in [2.24, 2.45) is 5.92 Å². The van der Waals surface area contributed by atoms with Crippen molar-refractivity contribution in [2.45, 2.75) is 19.3 Å². The number of hydrogen-bond donors (Lipinski definition) is 1. The number of nitrogens with zero attached hydrogens (tertiary/aromatic N) is 2. The minimum Gasteiger partial charge on any atom is -0.481 e. The number of carboxylic acids is 1. The summed E-state index contributed by atoms with van der Waals surface area (Å²) in [6.07, 6.45) is 5.26. The van der Waals surface area contributed by atoms with Crippen LogP contribution in [0.4, 0.5) is 5.69 Å². The van der Waals surface area contributed by atoms with Gasteiger partial charge in [0.15, 0.2) is 0 Å². The van der Waals surface area contributed by atoms with Gasteiger partial charge in [0.05, 0.1) is 21.7 Å². The van der Waals surface area contributed by atoms with E-state index in [0.29, 0.717) is 29.4 Å². The van der Waals surface area contributed by atoms with Crippen LogP contribution >= 0.6 is 23.2 Å². The first-order valence-electron chi connectivity index (χ1n) is 5.86. The lowest BCUT2D eigenvalue weighted by atomic mass is 10.0. The lowest BCUT2D eigenvalue weighted by Crippen LogP contribution is -2.25. The molecule has 1 aromatic rings. The summed E-state index contributed by atoms with van der Waals surface area (Å²) in [4.78, 5) is 17.0. The molecule has 0 amide bonds. The summed E-state index contributed by atoms with van der Waals surface area (Å²) in [5, 5.41) is 10.1. The van der Waals surface area contributed by atoms with Gasteiger partial charge in [0, 0.05) is 25.5 Å². The van der Waals surface area contributed by atoms with Gasteiger partial charge >= 0.3 is 5.97 Å². The second-order valence-electron chi connectivity index (χ2n) is 4.40. The number of halogens is 2. The molecule has 18 heavy (non-hydrogen) atoms. The largest absolute Gasteiger partial charge is 0.481 e. The number of aliphatic carboxylic acids is 1. The van der Waals surface area contributed by atoms with Crippen molar-refractivity contribution < 1.29 is 9.90 Å². The van der Waals surface area contributed by atoms with Gasteiger partial charge in [-0.15, -0.1) is 0 Å². The molecule has 1 fully saturated rings. The zero-order valence-corrected chi connectivity index (χ0v) is 11.3. The number of aromatic nitrogens is 1. The van der Waals surface area contributed by atoms with Gasteiger partial charge in [-0.2, -0.15) is 0 Å². The Hall–Kier alpha value is -1.00. The zero-order chi connectivity index (χ0) is 13.1. The fourth-order valence-corrected chi connectivity index (χ4v) is 2.88. The number of carboxylic acid groups (broad SMARTS) is 1. The van der Waals surface area contributed by atoms with Crippen LogP contribution in [-0.2, 0) is 4.79 Å². The molecule has 1 aliphatic heterocycles. The average Bonchev–Trinajstić information content (AvgIpc) is 2.54. The first-order chi connectivity index (χ1) is 8.59. The summed E-state index contributed by atoms with van der Waals surface area (Å²) in [5.74, 6) is -0.988. The minimum absolute atomic E-state index is 0.269. The van der Waals surface area contributed by atoms with Gasteiger partial charge in [0.1, 0.15) is 0 Å². The molecule has 1 atom stereocenters. The average molecular weight is 289 g/mol. The number of pyridine rings is 1. The van der Waals surface area contributed by atoms with Gasteiger partial charge in [-0.3, -0.25) is 9.78 Å². The van der Waals surface area contributed by atoms with Gasteiger partial charge in [-0.1, -0.05) is 23.2 Å². The van der Waals surface area contributed by atoms with Crippen molar-refractivity contribution in [2.75, 3.05) is 18.0 Å². The molecule has 4 nitrogen and oxygen atoms in total. The Morgan fingerprint density at radius 3 is 2.56 bits per heavy atom. The van der Waals surface area contributed by atoms with Crippen LogP contribution in [0.15, 0.2) is 12.4 Å². The first kappa shape index (κ1) is 13.4. The fraction of sp³-hybridized carbons (Fsp3) is 0.500. The lowest BCUT2D eigenvalue weighted by Gasteiger charge is -2.24. The first-order valence-corrected chi connectivity index (χ1v) is 6.62. The fourth-order valence-electron chi connectivity index (χ4n) is 2.27. The van der Waals surface area contributed by atoms with Gasteiger partial charge in [0.2, 0.25) is 0 Å². The predicted molar refractivity (Wildman–Crippen MR) is 71.4 cm³/mol. The monoisotopic (exact) mass is 288 g/mol. The Balaban J connectivity index is 2.17. The zero-order valence-electron chi connectivity index (χ0n) is 9.77. The van der Waals surface area contributed by atoms with E-state index in [1.165, 1.54) is 0 Å². The maximum absolute atomic E-state index is 11.0. The highest BCUT2D eigenvalue weighted by molar-refractivity contribution is 6.38. The van der Waals surface area contributed by atoms with Crippen molar-refractivity contribution in [3.63, 3.8) is 0 Å². The molecule has 1 saturated heterocycles. The highest BCUT2D eigenvalue weighted by atomic mass is 35.5. The van der Waals surface area contributed by atoms with Crippen molar-refractivity contribution in [3.8, 4) is 0 Å². The standard InChI is InChI=1S/C12H14Cl2N2O2/c13-9-6-15-7-10(14)11(9)16-4-1-2-8(3-5-16)12(17)18/h6-8H,1-5H2,(H,17,18). The van der Waals surface area contributed by atoms with E-state index >= 15 is 0 Å². The van der Waals surface area contributed by atoms with Gasteiger partial charge in [0.25, 0.3) is 0 Å². The summed E-state index contributed by atoms with van der Waals surface area (Å²) >= 11 is 12.2. The Bertz CT molecular complexity index is 433. The second kappa shape index (κ2) is 5.76. The molecule has 2 rings (SSSR count). The maximum Gasteiger partial charge on any atom is 0.306 e. The van der Waals surface area contributed by atoms with E-state index in [1.807, 2.05) is 0 Å². The van der Waals surface area contributed by atoms with Gasteiger partial charge in [-0.05, 0) is 19.3 Å². The second-order valence-corrected chi connectivity index (χ2v) is 5.22. The lowest BCUT2D eigenvalue weighted by molar-refractivity contribution is -0.142. The van der Waals surface area contributed by atoms with Crippen molar-refractivity contribution in [1.82, 2.24) is 4.98 Å². The number of carbonyl (C=O) groups is 1. The predicted octanol–water partition coefficient (Wildman–Crippen LogP) is 3.08. The smallest absolute Gasteiger partial charge is 0.306 e. The molecule has 1 unspecified atom stereocenters. The highest BCUT2D eigenvalue weighted by Crippen LogP contribution is 2.34. The van der Waals surface area contributed by atoms with Crippen LogP contribution in [0.1, 0.15) is 19.3 Å². The summed E-state index contributed by atoms with van der Waals surface area (Å²) in [5.41, 5.74) is 0.763.